The first-order valence-corrected chi connectivity index (χ1v) is 6.21. The van der Waals surface area contributed by atoms with Crippen LogP contribution in [0.3, 0.4) is 0 Å². The third-order valence-electron chi connectivity index (χ3n) is 3.41. The smallest absolute Gasteiger partial charge is 0.254 e. The van der Waals surface area contributed by atoms with Crippen LogP contribution in [0.2, 0.25) is 0 Å². The Bertz CT molecular complexity index is 666. The quantitative estimate of drug-likeness (QED) is 0.778. The summed E-state index contributed by atoms with van der Waals surface area (Å²) in [5, 5.41) is 8.88. The fourth-order valence-electron chi connectivity index (χ4n) is 2.39. The van der Waals surface area contributed by atoms with E-state index < -0.39 is 0 Å². The van der Waals surface area contributed by atoms with Gasteiger partial charge in [0.25, 0.3) is 5.91 Å². The number of carbonyl (C=O) groups is 1. The van der Waals surface area contributed by atoms with Crippen molar-refractivity contribution in [2.24, 2.45) is 0 Å². The Kier molecular flexibility index (Phi) is 2.81. The minimum absolute atomic E-state index is 0.00968. The minimum atomic E-state index is -0.00968. The van der Waals surface area contributed by atoms with Crippen molar-refractivity contribution in [3.63, 3.8) is 0 Å². The fraction of sp³-hybridized carbons (Fsp3) is 0.200. The molecule has 1 aliphatic heterocycles. The Morgan fingerprint density at radius 3 is 2.95 bits per heavy atom. The van der Waals surface area contributed by atoms with E-state index in [-0.39, 0.29) is 5.91 Å². The number of hydrogen-bond donors (Lipinski definition) is 0. The van der Waals surface area contributed by atoms with Crippen molar-refractivity contribution < 1.29 is 4.79 Å². The summed E-state index contributed by atoms with van der Waals surface area (Å²) >= 11 is 0. The number of fused-ring (bicyclic) bond motifs is 1. The van der Waals surface area contributed by atoms with Crippen LogP contribution < -0.4 is 0 Å². The highest BCUT2D eigenvalue weighted by Gasteiger charge is 2.21. The Balaban J connectivity index is 1.84. The molecule has 0 fully saturated rings. The zero-order valence-corrected chi connectivity index (χ0v) is 10.4. The predicted octanol–water partition coefficient (Wildman–Crippen LogP) is 2.02. The second kappa shape index (κ2) is 4.62. The third kappa shape index (κ3) is 2.11. The predicted molar refractivity (Wildman–Crippen MR) is 70.3 cm³/mol. The van der Waals surface area contributed by atoms with Gasteiger partial charge in [0.15, 0.2) is 0 Å². The van der Waals surface area contributed by atoms with E-state index in [1.54, 1.807) is 24.3 Å². The van der Waals surface area contributed by atoms with Crippen LogP contribution in [0, 0.1) is 11.3 Å². The minimum Gasteiger partial charge on any atom is -0.348 e. The molecule has 94 valence electrons. The Labute approximate surface area is 111 Å². The van der Waals surface area contributed by atoms with Gasteiger partial charge in [-0.3, -0.25) is 4.79 Å². The number of nitrogens with zero attached hydrogens (tertiary/aromatic N) is 3. The maximum atomic E-state index is 12.4. The lowest BCUT2D eigenvalue weighted by Gasteiger charge is -2.28. The van der Waals surface area contributed by atoms with Crippen LogP contribution in [-0.2, 0) is 13.1 Å². The second-order valence-electron chi connectivity index (χ2n) is 4.61. The average Bonchev–Trinajstić information content (AvgIpc) is 2.94. The van der Waals surface area contributed by atoms with Crippen molar-refractivity contribution in [3.8, 4) is 6.07 Å². The first kappa shape index (κ1) is 11.5. The maximum Gasteiger partial charge on any atom is 0.254 e. The first-order chi connectivity index (χ1) is 9.28. The molecule has 4 nitrogen and oxygen atoms in total. The molecule has 2 aromatic rings. The SMILES string of the molecule is N#Cc1cccc(C(=O)N2CCn3cccc3C2)c1. The molecular weight excluding hydrogens is 238 g/mol. The lowest BCUT2D eigenvalue weighted by atomic mass is 10.1. The number of hydrogen-bond acceptors (Lipinski definition) is 2. The van der Waals surface area contributed by atoms with Gasteiger partial charge in [0, 0.05) is 30.5 Å². The summed E-state index contributed by atoms with van der Waals surface area (Å²) in [5.41, 5.74) is 2.25. The summed E-state index contributed by atoms with van der Waals surface area (Å²) in [4.78, 5) is 14.2. The molecule has 1 amide bonds. The standard InChI is InChI=1S/C15H13N3O/c16-10-12-3-1-4-13(9-12)15(19)18-8-7-17-6-2-5-14(17)11-18/h1-6,9H,7-8,11H2. The maximum absolute atomic E-state index is 12.4. The van der Waals surface area contributed by atoms with Crippen LogP contribution in [-0.4, -0.2) is 21.9 Å². The van der Waals surface area contributed by atoms with E-state index in [1.807, 2.05) is 23.2 Å². The molecule has 0 aliphatic carbocycles. The lowest BCUT2D eigenvalue weighted by molar-refractivity contribution is 0.0711. The molecule has 4 heteroatoms. The molecule has 0 atom stereocenters. The van der Waals surface area contributed by atoms with E-state index in [0.29, 0.717) is 24.2 Å². The number of nitriles is 1. The zero-order valence-electron chi connectivity index (χ0n) is 10.4. The summed E-state index contributed by atoms with van der Waals surface area (Å²) in [6.45, 7) is 2.16. The number of rotatable bonds is 1. The summed E-state index contributed by atoms with van der Waals surface area (Å²) in [7, 11) is 0. The van der Waals surface area contributed by atoms with E-state index in [4.69, 9.17) is 5.26 Å². The van der Waals surface area contributed by atoms with Gasteiger partial charge in [-0.2, -0.15) is 5.26 Å². The lowest BCUT2D eigenvalue weighted by Crippen LogP contribution is -2.37. The van der Waals surface area contributed by atoms with Crippen molar-refractivity contribution >= 4 is 5.91 Å². The number of benzene rings is 1. The average molecular weight is 251 g/mol. The third-order valence-corrected chi connectivity index (χ3v) is 3.41. The van der Waals surface area contributed by atoms with Crippen LogP contribution in [0.4, 0.5) is 0 Å². The van der Waals surface area contributed by atoms with Gasteiger partial charge in [-0.15, -0.1) is 0 Å². The molecule has 1 aromatic carbocycles. The highest BCUT2D eigenvalue weighted by atomic mass is 16.2. The van der Waals surface area contributed by atoms with Crippen molar-refractivity contribution in [1.82, 2.24) is 9.47 Å². The molecule has 0 radical (unpaired) electrons. The molecule has 2 heterocycles. The van der Waals surface area contributed by atoms with Gasteiger partial charge in [0.05, 0.1) is 18.2 Å². The molecule has 0 spiro atoms. The van der Waals surface area contributed by atoms with Gasteiger partial charge in [0.1, 0.15) is 0 Å². The molecule has 0 saturated carbocycles. The normalized spacial score (nSPS) is 13.7. The summed E-state index contributed by atoms with van der Waals surface area (Å²) in [6, 6.07) is 13.0. The van der Waals surface area contributed by atoms with Crippen molar-refractivity contribution in [2.45, 2.75) is 13.1 Å². The van der Waals surface area contributed by atoms with E-state index in [2.05, 4.69) is 10.6 Å². The van der Waals surface area contributed by atoms with E-state index in [9.17, 15) is 4.79 Å². The molecule has 0 bridgehead atoms. The van der Waals surface area contributed by atoms with Crippen LogP contribution >= 0.6 is 0 Å². The first-order valence-electron chi connectivity index (χ1n) is 6.21. The summed E-state index contributed by atoms with van der Waals surface area (Å²) in [5.74, 6) is -0.00968. The molecule has 0 saturated heterocycles. The van der Waals surface area contributed by atoms with Gasteiger partial charge in [-0.05, 0) is 30.3 Å². The molecular formula is C15H13N3O. The molecule has 1 aliphatic rings. The Morgan fingerprint density at radius 2 is 2.11 bits per heavy atom. The van der Waals surface area contributed by atoms with Gasteiger partial charge in [-0.25, -0.2) is 0 Å². The van der Waals surface area contributed by atoms with Crippen LogP contribution in [0.25, 0.3) is 0 Å². The molecule has 0 N–H and O–H groups in total. The van der Waals surface area contributed by atoms with E-state index >= 15 is 0 Å². The number of carbonyl (C=O) groups excluding carboxylic acids is 1. The van der Waals surface area contributed by atoms with Gasteiger partial charge >= 0.3 is 0 Å². The fourth-order valence-corrected chi connectivity index (χ4v) is 2.39. The number of amides is 1. The second-order valence-corrected chi connectivity index (χ2v) is 4.61. The summed E-state index contributed by atoms with van der Waals surface area (Å²) in [6.07, 6.45) is 2.04. The van der Waals surface area contributed by atoms with Gasteiger partial charge < -0.3 is 9.47 Å². The zero-order chi connectivity index (χ0) is 13.2. The molecule has 19 heavy (non-hydrogen) atoms. The Morgan fingerprint density at radius 1 is 1.21 bits per heavy atom. The van der Waals surface area contributed by atoms with Crippen molar-refractivity contribution in [2.75, 3.05) is 6.54 Å². The van der Waals surface area contributed by atoms with Crippen molar-refractivity contribution in [1.29, 1.82) is 5.26 Å². The van der Waals surface area contributed by atoms with E-state index in [1.165, 1.54) is 0 Å². The highest BCUT2D eigenvalue weighted by Crippen LogP contribution is 2.16. The van der Waals surface area contributed by atoms with E-state index in [0.717, 1.165) is 12.2 Å². The molecule has 0 unspecified atom stereocenters. The monoisotopic (exact) mass is 251 g/mol. The van der Waals surface area contributed by atoms with Crippen LogP contribution in [0.15, 0.2) is 42.6 Å². The highest BCUT2D eigenvalue weighted by molar-refractivity contribution is 5.94. The van der Waals surface area contributed by atoms with Gasteiger partial charge in [0.2, 0.25) is 0 Å². The molecule has 1 aromatic heterocycles. The number of aromatic nitrogens is 1. The van der Waals surface area contributed by atoms with Crippen molar-refractivity contribution in [3.05, 3.63) is 59.4 Å². The Hall–Kier alpha value is -2.54. The van der Waals surface area contributed by atoms with Crippen LogP contribution in [0.1, 0.15) is 21.6 Å². The largest absolute Gasteiger partial charge is 0.348 e. The topological polar surface area (TPSA) is 49.0 Å². The summed E-state index contributed by atoms with van der Waals surface area (Å²) < 4.78 is 2.16. The van der Waals surface area contributed by atoms with Crippen LogP contribution in [0.5, 0.6) is 0 Å². The molecule has 3 rings (SSSR count). The van der Waals surface area contributed by atoms with Gasteiger partial charge in [-0.1, -0.05) is 6.07 Å².